The largest absolute Gasteiger partial charge is 0.481 e. The van der Waals surface area contributed by atoms with Crippen molar-refractivity contribution in [2.45, 2.75) is 45.2 Å². The molecule has 6 nitrogen and oxygen atoms in total. The molecule has 4 atom stereocenters. The number of amides is 2. The molecule has 0 spiro atoms. The fourth-order valence-corrected chi connectivity index (χ4v) is 3.33. The van der Waals surface area contributed by atoms with Crippen LogP contribution in [-0.4, -0.2) is 46.4 Å². The molecule has 0 aromatic carbocycles. The molecule has 0 bridgehead atoms. The predicted octanol–water partition coefficient (Wildman–Crippen LogP) is 0.223. The standard InChI is InChI=1S/C13H20N2O4/c1-7-5-11(17)15(8(2)12(7)13(18)19)9-3-4-10(16)14-6-9/h7-9,12H,3-6H2,1-2H3,(H,14,16)(H,18,19). The minimum atomic E-state index is -0.850. The highest BCUT2D eigenvalue weighted by atomic mass is 16.4. The highest BCUT2D eigenvalue weighted by molar-refractivity contribution is 5.83. The topological polar surface area (TPSA) is 86.7 Å². The fourth-order valence-electron chi connectivity index (χ4n) is 3.33. The highest BCUT2D eigenvalue weighted by Gasteiger charge is 2.44. The van der Waals surface area contributed by atoms with E-state index in [4.69, 9.17) is 0 Å². The van der Waals surface area contributed by atoms with Crippen LogP contribution in [0.15, 0.2) is 0 Å². The van der Waals surface area contributed by atoms with Crippen LogP contribution in [0.1, 0.15) is 33.1 Å². The van der Waals surface area contributed by atoms with Gasteiger partial charge in [0.1, 0.15) is 0 Å². The van der Waals surface area contributed by atoms with Crippen LogP contribution in [0.3, 0.4) is 0 Å². The second kappa shape index (κ2) is 5.19. The minimum absolute atomic E-state index is 0.00125. The van der Waals surface area contributed by atoms with E-state index in [2.05, 4.69) is 5.32 Å². The first-order valence-electron chi connectivity index (χ1n) is 6.72. The highest BCUT2D eigenvalue weighted by Crippen LogP contribution is 2.32. The number of nitrogens with zero attached hydrogens (tertiary/aromatic N) is 1. The summed E-state index contributed by atoms with van der Waals surface area (Å²) in [5.74, 6) is -1.53. The zero-order valence-electron chi connectivity index (χ0n) is 11.3. The van der Waals surface area contributed by atoms with Gasteiger partial charge in [0.05, 0.1) is 5.92 Å². The lowest BCUT2D eigenvalue weighted by Gasteiger charge is -2.45. The Labute approximate surface area is 112 Å². The number of aliphatic carboxylic acids is 1. The molecule has 2 aliphatic rings. The molecular formula is C13H20N2O4. The van der Waals surface area contributed by atoms with Crippen LogP contribution in [-0.2, 0) is 14.4 Å². The van der Waals surface area contributed by atoms with Gasteiger partial charge in [0.2, 0.25) is 11.8 Å². The lowest BCUT2D eigenvalue weighted by atomic mass is 9.80. The van der Waals surface area contributed by atoms with E-state index in [0.29, 0.717) is 19.4 Å². The van der Waals surface area contributed by atoms with Gasteiger partial charge in [0, 0.05) is 31.5 Å². The van der Waals surface area contributed by atoms with E-state index in [1.54, 1.807) is 11.8 Å². The van der Waals surface area contributed by atoms with Gasteiger partial charge in [-0.05, 0) is 19.3 Å². The molecule has 4 unspecified atom stereocenters. The number of piperidine rings is 2. The molecule has 2 aliphatic heterocycles. The van der Waals surface area contributed by atoms with Crippen LogP contribution >= 0.6 is 0 Å². The van der Waals surface area contributed by atoms with E-state index in [0.717, 1.165) is 0 Å². The van der Waals surface area contributed by atoms with Crippen molar-refractivity contribution >= 4 is 17.8 Å². The first-order valence-corrected chi connectivity index (χ1v) is 6.72. The van der Waals surface area contributed by atoms with E-state index in [9.17, 15) is 19.5 Å². The van der Waals surface area contributed by atoms with Gasteiger partial charge in [0.25, 0.3) is 0 Å². The molecule has 2 saturated heterocycles. The summed E-state index contributed by atoms with van der Waals surface area (Å²) in [6, 6.07) is -0.400. The Kier molecular flexibility index (Phi) is 3.78. The summed E-state index contributed by atoms with van der Waals surface area (Å²) in [7, 11) is 0. The van der Waals surface area contributed by atoms with Crippen LogP contribution in [0.4, 0.5) is 0 Å². The molecular weight excluding hydrogens is 248 g/mol. The van der Waals surface area contributed by atoms with Gasteiger partial charge in [-0.15, -0.1) is 0 Å². The molecule has 6 heteroatoms. The van der Waals surface area contributed by atoms with Crippen molar-refractivity contribution in [2.24, 2.45) is 11.8 Å². The molecule has 2 amide bonds. The third kappa shape index (κ3) is 2.57. The third-order valence-electron chi connectivity index (χ3n) is 4.27. The zero-order valence-corrected chi connectivity index (χ0v) is 11.3. The van der Waals surface area contributed by atoms with E-state index < -0.39 is 11.9 Å². The summed E-state index contributed by atoms with van der Waals surface area (Å²) in [6.07, 6.45) is 1.28. The quantitative estimate of drug-likeness (QED) is 0.750. The number of carbonyl (C=O) groups is 3. The van der Waals surface area contributed by atoms with Gasteiger partial charge in [-0.25, -0.2) is 0 Å². The monoisotopic (exact) mass is 268 g/mol. The molecule has 0 aromatic rings. The first kappa shape index (κ1) is 13.8. The van der Waals surface area contributed by atoms with Crippen molar-refractivity contribution in [2.75, 3.05) is 6.54 Å². The summed E-state index contributed by atoms with van der Waals surface area (Å²) < 4.78 is 0. The maximum absolute atomic E-state index is 12.2. The van der Waals surface area contributed by atoms with Crippen LogP contribution in [0, 0.1) is 11.8 Å². The Morgan fingerprint density at radius 2 is 2.05 bits per heavy atom. The predicted molar refractivity (Wildman–Crippen MR) is 67.2 cm³/mol. The number of nitrogens with one attached hydrogen (secondary N) is 1. The van der Waals surface area contributed by atoms with Gasteiger partial charge < -0.3 is 15.3 Å². The van der Waals surface area contributed by atoms with Crippen molar-refractivity contribution in [3.8, 4) is 0 Å². The zero-order chi connectivity index (χ0) is 14.2. The summed E-state index contributed by atoms with van der Waals surface area (Å²) in [5, 5.41) is 12.1. The van der Waals surface area contributed by atoms with E-state index in [1.165, 1.54) is 0 Å². The SMILES string of the molecule is CC1CC(=O)N(C2CCC(=O)NC2)C(C)C1C(=O)O. The number of hydrogen-bond acceptors (Lipinski definition) is 3. The van der Waals surface area contributed by atoms with Crippen molar-refractivity contribution < 1.29 is 19.5 Å². The van der Waals surface area contributed by atoms with Crippen molar-refractivity contribution in [3.05, 3.63) is 0 Å². The van der Waals surface area contributed by atoms with E-state index in [1.807, 2.05) is 6.92 Å². The number of carbonyl (C=O) groups excluding carboxylic acids is 2. The molecule has 0 saturated carbocycles. The summed E-state index contributed by atoms with van der Waals surface area (Å²) in [5.41, 5.74) is 0. The summed E-state index contributed by atoms with van der Waals surface area (Å²) in [4.78, 5) is 36.4. The van der Waals surface area contributed by atoms with Gasteiger partial charge in [-0.3, -0.25) is 14.4 Å². The molecule has 0 aliphatic carbocycles. The average Bonchev–Trinajstić information content (AvgIpc) is 2.30. The van der Waals surface area contributed by atoms with E-state index >= 15 is 0 Å². The number of rotatable bonds is 2. The van der Waals surface area contributed by atoms with Crippen LogP contribution in [0.2, 0.25) is 0 Å². The molecule has 2 heterocycles. The number of carboxylic acid groups (broad SMARTS) is 1. The maximum Gasteiger partial charge on any atom is 0.308 e. The van der Waals surface area contributed by atoms with Gasteiger partial charge in [-0.2, -0.15) is 0 Å². The molecule has 19 heavy (non-hydrogen) atoms. The number of carboxylic acids is 1. The smallest absolute Gasteiger partial charge is 0.308 e. The second-order valence-corrected chi connectivity index (χ2v) is 5.58. The minimum Gasteiger partial charge on any atom is -0.481 e. The Hall–Kier alpha value is -1.59. The van der Waals surface area contributed by atoms with Crippen LogP contribution < -0.4 is 5.32 Å². The van der Waals surface area contributed by atoms with Gasteiger partial charge in [-0.1, -0.05) is 6.92 Å². The molecule has 2 N–H and O–H groups in total. The van der Waals surface area contributed by atoms with Crippen molar-refractivity contribution in [1.82, 2.24) is 10.2 Å². The number of likely N-dealkylation sites (tertiary alicyclic amines) is 1. The van der Waals surface area contributed by atoms with E-state index in [-0.39, 0.29) is 36.2 Å². The Bertz CT molecular complexity index is 399. The molecule has 2 fully saturated rings. The van der Waals surface area contributed by atoms with Crippen LogP contribution in [0.25, 0.3) is 0 Å². The average molecular weight is 268 g/mol. The summed E-state index contributed by atoms with van der Waals surface area (Å²) >= 11 is 0. The molecule has 106 valence electrons. The van der Waals surface area contributed by atoms with Gasteiger partial charge in [0.15, 0.2) is 0 Å². The normalized spacial score (nSPS) is 36.0. The third-order valence-corrected chi connectivity index (χ3v) is 4.27. The van der Waals surface area contributed by atoms with Crippen LogP contribution in [0.5, 0.6) is 0 Å². The van der Waals surface area contributed by atoms with Crippen molar-refractivity contribution in [3.63, 3.8) is 0 Å². The first-order chi connectivity index (χ1) is 8.91. The molecule has 0 aromatic heterocycles. The molecule has 2 rings (SSSR count). The Morgan fingerprint density at radius 1 is 1.37 bits per heavy atom. The lowest BCUT2D eigenvalue weighted by molar-refractivity contribution is -0.158. The maximum atomic E-state index is 12.2. The lowest BCUT2D eigenvalue weighted by Crippen LogP contribution is -2.60. The van der Waals surface area contributed by atoms with Gasteiger partial charge >= 0.3 is 5.97 Å². The number of hydrogen-bond donors (Lipinski definition) is 2. The fraction of sp³-hybridized carbons (Fsp3) is 0.769. The Balaban J connectivity index is 2.16. The Morgan fingerprint density at radius 3 is 2.58 bits per heavy atom. The van der Waals surface area contributed by atoms with Crippen molar-refractivity contribution in [1.29, 1.82) is 0 Å². The molecule has 0 radical (unpaired) electrons. The summed E-state index contributed by atoms with van der Waals surface area (Å²) in [6.45, 7) is 4.03. The second-order valence-electron chi connectivity index (χ2n) is 5.58.